The molecule has 4 rings (SSSR count). The third kappa shape index (κ3) is 7.03. The summed E-state index contributed by atoms with van der Waals surface area (Å²) in [6.07, 6.45) is 0.0153. The topological polar surface area (TPSA) is 131 Å². The van der Waals surface area contributed by atoms with Crippen molar-refractivity contribution >= 4 is 6.29 Å². The predicted molar refractivity (Wildman–Crippen MR) is 123 cm³/mol. The average Bonchev–Trinajstić information content (AvgIpc) is 2.85. The number of rotatable bonds is 8. The first-order chi connectivity index (χ1) is 17.2. The molecule has 0 aromatic heterocycles. The van der Waals surface area contributed by atoms with Crippen LogP contribution in [0.3, 0.4) is 0 Å². The first-order valence-corrected chi connectivity index (χ1v) is 12.9. The highest BCUT2D eigenvalue weighted by atomic mass is 16.7. The minimum absolute atomic E-state index is 0.190. The Balaban J connectivity index is 1.23. The first-order valence-electron chi connectivity index (χ1n) is 12.9. The van der Waals surface area contributed by atoms with Crippen molar-refractivity contribution in [3.63, 3.8) is 0 Å². The van der Waals surface area contributed by atoms with Crippen LogP contribution in [0.4, 0.5) is 0 Å². The number of aliphatic hydroxyl groups excluding tert-OH is 2. The van der Waals surface area contributed by atoms with Crippen molar-refractivity contribution in [3.8, 4) is 0 Å². The molecule has 206 valence electrons. The van der Waals surface area contributed by atoms with Gasteiger partial charge in [-0.25, -0.2) is 0 Å². The summed E-state index contributed by atoms with van der Waals surface area (Å²) in [5, 5.41) is 20.6. The molecule has 4 aliphatic heterocycles. The van der Waals surface area contributed by atoms with E-state index in [9.17, 15) is 15.0 Å². The molecule has 12 atom stereocenters. The largest absolute Gasteiger partial charge is 0.462 e. The normalized spacial score (nSPS) is 46.0. The molecule has 0 aromatic rings. The maximum Gasteiger partial charge on any atom is 0.202 e. The van der Waals surface area contributed by atoms with Crippen LogP contribution in [0.15, 0.2) is 11.8 Å². The van der Waals surface area contributed by atoms with E-state index in [2.05, 4.69) is 0 Å². The van der Waals surface area contributed by atoms with E-state index in [1.54, 1.807) is 6.08 Å². The van der Waals surface area contributed by atoms with E-state index in [0.29, 0.717) is 38.4 Å². The molecule has 11 nitrogen and oxygen atoms in total. The molecule has 3 saturated heterocycles. The lowest BCUT2D eigenvalue weighted by atomic mass is 10.0. The Hall–Kier alpha value is -1.15. The Morgan fingerprint density at radius 3 is 2.17 bits per heavy atom. The van der Waals surface area contributed by atoms with Gasteiger partial charge in [0, 0.05) is 32.8 Å². The van der Waals surface area contributed by atoms with E-state index >= 15 is 0 Å². The van der Waals surface area contributed by atoms with Gasteiger partial charge in [-0.1, -0.05) is 0 Å². The van der Waals surface area contributed by atoms with Crippen molar-refractivity contribution in [2.75, 3.05) is 7.11 Å². The Morgan fingerprint density at radius 2 is 1.50 bits per heavy atom. The van der Waals surface area contributed by atoms with Crippen LogP contribution in [-0.2, 0) is 42.7 Å². The predicted octanol–water partition coefficient (Wildman–Crippen LogP) is 1.52. The van der Waals surface area contributed by atoms with Gasteiger partial charge >= 0.3 is 0 Å². The van der Waals surface area contributed by atoms with Gasteiger partial charge in [-0.2, -0.15) is 0 Å². The summed E-state index contributed by atoms with van der Waals surface area (Å²) >= 11 is 0. The fourth-order valence-corrected chi connectivity index (χ4v) is 5.11. The lowest BCUT2D eigenvalue weighted by Crippen LogP contribution is -2.53. The number of aldehydes is 1. The minimum Gasteiger partial charge on any atom is -0.462 e. The Kier molecular flexibility index (Phi) is 9.75. The SMILES string of the molecule is COC1CC(OC2CCC(OC3CC(O)C(OC4CCC(O)C(C)O4)C(C)O3)C(C)O2)C=C(C=O)O1. The molecule has 0 spiro atoms. The van der Waals surface area contributed by atoms with E-state index in [1.807, 2.05) is 20.8 Å². The number of carbonyl (C=O) groups is 1. The monoisotopic (exact) mass is 516 g/mol. The van der Waals surface area contributed by atoms with Crippen molar-refractivity contribution < 1.29 is 52.9 Å². The van der Waals surface area contributed by atoms with Gasteiger partial charge in [0.2, 0.25) is 6.29 Å². The molecule has 0 aliphatic carbocycles. The van der Waals surface area contributed by atoms with E-state index in [1.165, 1.54) is 7.11 Å². The highest BCUT2D eigenvalue weighted by Gasteiger charge is 2.42. The maximum absolute atomic E-state index is 11.1. The number of methoxy groups -OCH3 is 1. The molecule has 36 heavy (non-hydrogen) atoms. The molecule has 0 bridgehead atoms. The molecule has 0 saturated carbocycles. The molecular weight excluding hydrogens is 476 g/mol. The smallest absolute Gasteiger partial charge is 0.202 e. The summed E-state index contributed by atoms with van der Waals surface area (Å²) in [6.45, 7) is 5.57. The van der Waals surface area contributed by atoms with Crippen LogP contribution < -0.4 is 0 Å². The summed E-state index contributed by atoms with van der Waals surface area (Å²) < 4.78 is 46.6. The van der Waals surface area contributed by atoms with E-state index < -0.39 is 49.6 Å². The molecule has 4 heterocycles. The van der Waals surface area contributed by atoms with Crippen LogP contribution in [0, 0.1) is 0 Å². The summed E-state index contributed by atoms with van der Waals surface area (Å²) in [6, 6.07) is 0. The van der Waals surface area contributed by atoms with Gasteiger partial charge in [-0.3, -0.25) is 4.79 Å². The molecule has 3 fully saturated rings. The summed E-state index contributed by atoms with van der Waals surface area (Å²) in [5.41, 5.74) is 0. The number of allylic oxidation sites excluding steroid dienone is 1. The van der Waals surface area contributed by atoms with Crippen LogP contribution in [0.2, 0.25) is 0 Å². The van der Waals surface area contributed by atoms with Crippen LogP contribution in [-0.4, -0.2) is 97.6 Å². The van der Waals surface area contributed by atoms with Crippen LogP contribution in [0.1, 0.15) is 59.3 Å². The quantitative estimate of drug-likeness (QED) is 0.455. The second-order valence-electron chi connectivity index (χ2n) is 9.99. The summed E-state index contributed by atoms with van der Waals surface area (Å²) in [7, 11) is 1.52. The van der Waals surface area contributed by atoms with Gasteiger partial charge < -0.3 is 48.1 Å². The highest BCUT2D eigenvalue weighted by Crippen LogP contribution is 2.32. The first kappa shape index (κ1) is 27.9. The maximum atomic E-state index is 11.1. The molecule has 2 N–H and O–H groups in total. The minimum atomic E-state index is -0.776. The van der Waals surface area contributed by atoms with Gasteiger partial charge in [-0.15, -0.1) is 0 Å². The number of ether oxygens (including phenoxy) is 8. The van der Waals surface area contributed by atoms with Crippen molar-refractivity contribution in [3.05, 3.63) is 11.8 Å². The summed E-state index contributed by atoms with van der Waals surface area (Å²) in [5.74, 6) is 0.190. The molecule has 11 heteroatoms. The Bertz CT molecular complexity index is 736. The number of carbonyl (C=O) groups excluding carboxylic acids is 1. The van der Waals surface area contributed by atoms with E-state index in [-0.39, 0.29) is 36.6 Å². The molecule has 4 aliphatic rings. The molecule has 0 radical (unpaired) electrons. The Labute approximate surface area is 211 Å². The second-order valence-corrected chi connectivity index (χ2v) is 9.99. The van der Waals surface area contributed by atoms with Crippen molar-refractivity contribution in [2.45, 2.75) is 133 Å². The van der Waals surface area contributed by atoms with Crippen LogP contribution in [0.5, 0.6) is 0 Å². The van der Waals surface area contributed by atoms with Gasteiger partial charge in [0.1, 0.15) is 6.10 Å². The second kappa shape index (κ2) is 12.6. The molecule has 12 unspecified atom stereocenters. The lowest BCUT2D eigenvalue weighted by Gasteiger charge is -2.43. The van der Waals surface area contributed by atoms with Gasteiger partial charge in [0.05, 0.1) is 42.7 Å². The van der Waals surface area contributed by atoms with Crippen molar-refractivity contribution in [1.29, 1.82) is 0 Å². The molecule has 0 amide bonds. The zero-order valence-electron chi connectivity index (χ0n) is 21.4. The lowest BCUT2D eigenvalue weighted by molar-refractivity contribution is -0.321. The fourth-order valence-electron chi connectivity index (χ4n) is 5.11. The van der Waals surface area contributed by atoms with Crippen LogP contribution in [0.25, 0.3) is 0 Å². The molecule has 0 aromatic carbocycles. The zero-order chi connectivity index (χ0) is 25.8. The van der Waals surface area contributed by atoms with Gasteiger partial charge in [0.25, 0.3) is 0 Å². The zero-order valence-corrected chi connectivity index (χ0v) is 21.4. The highest BCUT2D eigenvalue weighted by molar-refractivity contribution is 5.70. The third-order valence-electron chi connectivity index (χ3n) is 7.21. The van der Waals surface area contributed by atoms with E-state index in [0.717, 1.165) is 0 Å². The van der Waals surface area contributed by atoms with Crippen molar-refractivity contribution in [1.82, 2.24) is 0 Å². The summed E-state index contributed by atoms with van der Waals surface area (Å²) in [4.78, 5) is 11.1. The number of hydrogen-bond acceptors (Lipinski definition) is 11. The van der Waals surface area contributed by atoms with Gasteiger partial charge in [0.15, 0.2) is 30.9 Å². The fraction of sp³-hybridized carbons (Fsp3) is 0.880. The van der Waals surface area contributed by atoms with E-state index in [4.69, 9.17) is 37.9 Å². The van der Waals surface area contributed by atoms with Crippen molar-refractivity contribution in [2.24, 2.45) is 0 Å². The average molecular weight is 517 g/mol. The van der Waals surface area contributed by atoms with Gasteiger partial charge in [-0.05, 0) is 39.7 Å². The van der Waals surface area contributed by atoms with Crippen LogP contribution >= 0.6 is 0 Å². The standard InChI is InChI=1S/C25H40O11/c1-13-18(27)5-7-22(30-13)36-25-15(3)32-24(11-19(25)28)35-20-6-8-21(31-14(20)2)33-16-9-17(12-26)34-23(10-16)29-4/h9,12-16,18-25,27-28H,5-8,10-11H2,1-4H3. The number of aliphatic hydroxyl groups is 2. The number of hydrogen-bond donors (Lipinski definition) is 2. The third-order valence-corrected chi connectivity index (χ3v) is 7.21. The molecular formula is C25H40O11. The Morgan fingerprint density at radius 1 is 0.806 bits per heavy atom.